The van der Waals surface area contributed by atoms with Crippen molar-refractivity contribution in [2.45, 2.75) is 13.8 Å². The molecule has 3 aromatic heterocycles. The molecule has 0 atom stereocenters. The molecule has 6 nitrogen and oxygen atoms in total. The molecule has 0 spiro atoms. The summed E-state index contributed by atoms with van der Waals surface area (Å²) in [5.41, 5.74) is 1.31. The van der Waals surface area contributed by atoms with E-state index in [9.17, 15) is 9.18 Å². The third-order valence-corrected chi connectivity index (χ3v) is 2.93. The number of halogens is 1. The first-order chi connectivity index (χ1) is 9.08. The van der Waals surface area contributed by atoms with Gasteiger partial charge in [-0.1, -0.05) is 0 Å². The van der Waals surface area contributed by atoms with Crippen LogP contribution >= 0.6 is 0 Å². The van der Waals surface area contributed by atoms with Crippen molar-refractivity contribution in [3.63, 3.8) is 0 Å². The molecule has 0 saturated heterocycles. The summed E-state index contributed by atoms with van der Waals surface area (Å²) >= 11 is 0. The van der Waals surface area contributed by atoms with Gasteiger partial charge in [-0.15, -0.1) is 0 Å². The van der Waals surface area contributed by atoms with E-state index in [2.05, 4.69) is 20.1 Å². The van der Waals surface area contributed by atoms with Crippen molar-refractivity contribution in [1.82, 2.24) is 24.7 Å². The van der Waals surface area contributed by atoms with Crippen LogP contribution in [-0.2, 0) is 0 Å². The lowest BCUT2D eigenvalue weighted by atomic mass is 10.2. The molecule has 0 unspecified atom stereocenters. The number of hydrogen-bond acceptors (Lipinski definition) is 4. The van der Waals surface area contributed by atoms with Crippen molar-refractivity contribution in [3.05, 3.63) is 46.1 Å². The quantitative estimate of drug-likeness (QED) is 0.713. The number of aromatic nitrogens is 5. The van der Waals surface area contributed by atoms with Crippen molar-refractivity contribution in [1.29, 1.82) is 0 Å². The highest BCUT2D eigenvalue weighted by Crippen LogP contribution is 2.17. The van der Waals surface area contributed by atoms with Crippen LogP contribution in [0.5, 0.6) is 0 Å². The van der Waals surface area contributed by atoms with Crippen molar-refractivity contribution in [2.75, 3.05) is 0 Å². The van der Waals surface area contributed by atoms with Gasteiger partial charge in [-0.05, 0) is 13.8 Å². The van der Waals surface area contributed by atoms with Gasteiger partial charge < -0.3 is 4.98 Å². The Hall–Kier alpha value is -2.57. The molecule has 0 fully saturated rings. The molecule has 1 N–H and O–H groups in total. The minimum Gasteiger partial charge on any atom is -0.361 e. The Morgan fingerprint density at radius 2 is 1.84 bits per heavy atom. The van der Waals surface area contributed by atoms with Crippen LogP contribution in [0.15, 0.2) is 23.4 Å². The standard InChI is InChI=1S/C12H10FN5O/c1-6-9-5-16-18(11(19)10(9)7(2)17-6)12-14-3-8(13)4-15-12/h3-5,17H,1-2H3. The minimum atomic E-state index is -0.563. The van der Waals surface area contributed by atoms with Crippen molar-refractivity contribution >= 4 is 10.8 Å². The zero-order valence-electron chi connectivity index (χ0n) is 10.3. The molecule has 0 amide bonds. The molecule has 0 saturated carbocycles. The maximum atomic E-state index is 12.8. The molecule has 0 aliphatic heterocycles. The van der Waals surface area contributed by atoms with Crippen LogP contribution in [0.4, 0.5) is 4.39 Å². The van der Waals surface area contributed by atoms with Gasteiger partial charge in [0.1, 0.15) is 0 Å². The summed E-state index contributed by atoms with van der Waals surface area (Å²) in [5.74, 6) is -0.516. The zero-order chi connectivity index (χ0) is 13.6. The monoisotopic (exact) mass is 259 g/mol. The van der Waals surface area contributed by atoms with E-state index < -0.39 is 5.82 Å². The molecule has 0 bridgehead atoms. The highest BCUT2D eigenvalue weighted by Gasteiger charge is 2.13. The van der Waals surface area contributed by atoms with Gasteiger partial charge in [0.2, 0.25) is 0 Å². The third-order valence-electron chi connectivity index (χ3n) is 2.93. The van der Waals surface area contributed by atoms with Gasteiger partial charge in [0.05, 0.1) is 24.0 Å². The lowest BCUT2D eigenvalue weighted by Gasteiger charge is -2.02. The normalized spacial score (nSPS) is 11.1. The molecule has 0 aliphatic rings. The van der Waals surface area contributed by atoms with Crippen LogP contribution in [0.2, 0.25) is 0 Å². The number of aryl methyl sites for hydroxylation is 2. The molecule has 0 aromatic carbocycles. The second-order valence-electron chi connectivity index (χ2n) is 4.23. The fraction of sp³-hybridized carbons (Fsp3) is 0.167. The summed E-state index contributed by atoms with van der Waals surface area (Å²) in [7, 11) is 0. The molecular weight excluding hydrogens is 249 g/mol. The molecule has 0 radical (unpaired) electrons. The number of fused-ring (bicyclic) bond motifs is 1. The SMILES string of the molecule is Cc1[nH]c(C)c2c(=O)n(-c3ncc(F)cn3)ncc12. The van der Waals surface area contributed by atoms with Crippen molar-refractivity contribution < 1.29 is 4.39 Å². The van der Waals surface area contributed by atoms with Crippen LogP contribution in [0.3, 0.4) is 0 Å². The van der Waals surface area contributed by atoms with E-state index in [1.165, 1.54) is 0 Å². The first kappa shape index (κ1) is 11.5. The van der Waals surface area contributed by atoms with Crippen LogP contribution < -0.4 is 5.56 Å². The van der Waals surface area contributed by atoms with Crippen LogP contribution in [0, 0.1) is 19.7 Å². The molecule has 3 rings (SSSR count). The van der Waals surface area contributed by atoms with Crippen LogP contribution in [0.25, 0.3) is 16.7 Å². The first-order valence-electron chi connectivity index (χ1n) is 5.63. The Morgan fingerprint density at radius 3 is 2.53 bits per heavy atom. The maximum absolute atomic E-state index is 12.8. The summed E-state index contributed by atoms with van der Waals surface area (Å²) in [6.45, 7) is 3.68. The van der Waals surface area contributed by atoms with E-state index >= 15 is 0 Å². The molecule has 3 aromatic rings. The van der Waals surface area contributed by atoms with E-state index in [1.807, 2.05) is 13.8 Å². The maximum Gasteiger partial charge on any atom is 0.283 e. The number of H-pyrrole nitrogens is 1. The number of aromatic amines is 1. The largest absolute Gasteiger partial charge is 0.361 e. The van der Waals surface area contributed by atoms with Gasteiger partial charge >= 0.3 is 0 Å². The molecule has 0 aliphatic carbocycles. The summed E-state index contributed by atoms with van der Waals surface area (Å²) in [4.78, 5) is 23.0. The second kappa shape index (κ2) is 3.98. The van der Waals surface area contributed by atoms with Crippen molar-refractivity contribution in [3.8, 4) is 5.95 Å². The summed E-state index contributed by atoms with van der Waals surface area (Å²) < 4.78 is 13.8. The summed E-state index contributed by atoms with van der Waals surface area (Å²) in [5, 5.41) is 5.32. The highest BCUT2D eigenvalue weighted by molar-refractivity contribution is 5.86. The Bertz CT molecular complexity index is 818. The van der Waals surface area contributed by atoms with E-state index in [0.717, 1.165) is 33.8 Å². The lowest BCUT2D eigenvalue weighted by molar-refractivity contribution is 0.607. The predicted molar refractivity (Wildman–Crippen MR) is 66.7 cm³/mol. The van der Waals surface area contributed by atoms with Gasteiger partial charge in [-0.25, -0.2) is 14.4 Å². The van der Waals surface area contributed by atoms with E-state index in [4.69, 9.17) is 0 Å². The van der Waals surface area contributed by atoms with E-state index in [1.54, 1.807) is 6.20 Å². The third kappa shape index (κ3) is 1.70. The average Bonchev–Trinajstić information content (AvgIpc) is 2.67. The van der Waals surface area contributed by atoms with Gasteiger partial charge in [-0.2, -0.15) is 9.78 Å². The smallest absolute Gasteiger partial charge is 0.283 e. The molecular formula is C12H10FN5O. The average molecular weight is 259 g/mol. The number of hydrogen-bond donors (Lipinski definition) is 1. The summed E-state index contributed by atoms with van der Waals surface area (Å²) in [6.07, 6.45) is 3.56. The molecule has 96 valence electrons. The van der Waals surface area contributed by atoms with Gasteiger partial charge in [-0.3, -0.25) is 4.79 Å². The number of nitrogens with one attached hydrogen (secondary N) is 1. The Morgan fingerprint density at radius 1 is 1.16 bits per heavy atom. The minimum absolute atomic E-state index is 0.0477. The Kier molecular flexibility index (Phi) is 2.41. The second-order valence-corrected chi connectivity index (χ2v) is 4.23. The van der Waals surface area contributed by atoms with Crippen molar-refractivity contribution in [2.24, 2.45) is 0 Å². The topological polar surface area (TPSA) is 76.5 Å². The zero-order valence-corrected chi connectivity index (χ0v) is 10.3. The van der Waals surface area contributed by atoms with Crippen LogP contribution in [-0.4, -0.2) is 24.7 Å². The fourth-order valence-electron chi connectivity index (χ4n) is 2.07. The fourth-order valence-corrected chi connectivity index (χ4v) is 2.07. The molecule has 3 heterocycles. The molecule has 19 heavy (non-hydrogen) atoms. The first-order valence-corrected chi connectivity index (χ1v) is 5.63. The highest BCUT2D eigenvalue weighted by atomic mass is 19.1. The van der Waals surface area contributed by atoms with Crippen LogP contribution in [0.1, 0.15) is 11.4 Å². The Balaban J connectivity index is 2.32. The number of nitrogens with zero attached hydrogens (tertiary/aromatic N) is 4. The van der Waals surface area contributed by atoms with Gasteiger partial charge in [0, 0.05) is 16.8 Å². The number of rotatable bonds is 1. The van der Waals surface area contributed by atoms with E-state index in [0.29, 0.717) is 5.39 Å². The lowest BCUT2D eigenvalue weighted by Crippen LogP contribution is -2.23. The molecule has 7 heteroatoms. The van der Waals surface area contributed by atoms with E-state index in [-0.39, 0.29) is 11.5 Å². The van der Waals surface area contributed by atoms with Gasteiger partial charge in [0.15, 0.2) is 5.82 Å². The predicted octanol–water partition coefficient (Wildman–Crippen LogP) is 1.26. The Labute approximate surface area is 106 Å². The van der Waals surface area contributed by atoms with Gasteiger partial charge in [0.25, 0.3) is 11.5 Å². The summed E-state index contributed by atoms with van der Waals surface area (Å²) in [6, 6.07) is 0.